The average Bonchev–Trinajstić information content (AvgIpc) is 3.36. The van der Waals surface area contributed by atoms with Gasteiger partial charge in [-0.1, -0.05) is 277 Å². The van der Waals surface area contributed by atoms with Gasteiger partial charge in [0.1, 0.15) is 6.61 Å². The van der Waals surface area contributed by atoms with E-state index in [1.54, 1.807) is 0 Å². The molecular formula is C65H110O5. The molecule has 0 aliphatic rings. The van der Waals surface area contributed by atoms with E-state index in [1.165, 1.54) is 154 Å². The number of esters is 2. The van der Waals surface area contributed by atoms with Crippen LogP contribution in [0.2, 0.25) is 0 Å². The van der Waals surface area contributed by atoms with Crippen LogP contribution in [0.25, 0.3) is 0 Å². The Balaban J connectivity index is 3.44. The van der Waals surface area contributed by atoms with Gasteiger partial charge in [-0.05, 0) is 89.9 Å². The zero-order chi connectivity index (χ0) is 50.6. The fraction of sp³-hybridized carbons (Fsp3) is 0.692. The predicted molar refractivity (Wildman–Crippen MR) is 306 cm³/mol. The lowest BCUT2D eigenvalue weighted by Crippen LogP contribution is -2.28. The van der Waals surface area contributed by atoms with Gasteiger partial charge in [-0.2, -0.15) is 0 Å². The fourth-order valence-electron chi connectivity index (χ4n) is 8.23. The van der Waals surface area contributed by atoms with Crippen LogP contribution >= 0.6 is 0 Å². The number of hydrogen-bond acceptors (Lipinski definition) is 5. The summed E-state index contributed by atoms with van der Waals surface area (Å²) in [6.07, 6.45) is 86.7. The average molecular weight is 972 g/mol. The predicted octanol–water partition coefficient (Wildman–Crippen LogP) is 20.1. The van der Waals surface area contributed by atoms with Gasteiger partial charge in [0.05, 0.1) is 6.61 Å². The monoisotopic (exact) mass is 971 g/mol. The van der Waals surface area contributed by atoms with Gasteiger partial charge in [-0.25, -0.2) is 0 Å². The molecule has 0 aromatic carbocycles. The van der Waals surface area contributed by atoms with Crippen molar-refractivity contribution in [2.75, 3.05) is 13.2 Å². The summed E-state index contributed by atoms with van der Waals surface area (Å²) >= 11 is 0. The Hall–Kier alpha value is -3.44. The van der Waals surface area contributed by atoms with Gasteiger partial charge in [0.2, 0.25) is 0 Å². The molecule has 0 aromatic rings. The second-order valence-electron chi connectivity index (χ2n) is 19.3. The second kappa shape index (κ2) is 59.9. The second-order valence-corrected chi connectivity index (χ2v) is 19.3. The highest BCUT2D eigenvalue weighted by Gasteiger charge is 2.16. The van der Waals surface area contributed by atoms with Crippen molar-refractivity contribution in [3.63, 3.8) is 0 Å². The van der Waals surface area contributed by atoms with E-state index in [0.29, 0.717) is 12.8 Å². The standard InChI is InChI=1S/C65H110O5/c1-3-5-7-9-11-13-15-17-19-21-22-23-24-25-26-27-28-29-30-31-32-33-34-35-36-37-38-39-40-41-42-44-45-47-49-51-53-55-57-59-64(67)69-62-63(61-66)70-65(68)60-58-56-54-52-50-48-46-43-20-18-16-14-12-10-8-6-4-2/h5-8,11-14,17-20,22-23,46,48,52,54,63,66H,3-4,9-10,15-16,21,24-45,47,49-51,53,55-62H2,1-2H3/b7-5-,8-6-,13-11-,14-12-,19-17-,20-18-,23-22-,48-46-,54-52-. The Labute approximate surface area is 433 Å². The number of rotatable bonds is 53. The number of hydrogen-bond donors (Lipinski definition) is 1. The number of carbonyl (C=O) groups is 2. The van der Waals surface area contributed by atoms with E-state index in [2.05, 4.69) is 123 Å². The van der Waals surface area contributed by atoms with E-state index in [4.69, 9.17) is 9.47 Å². The van der Waals surface area contributed by atoms with Gasteiger partial charge in [-0.3, -0.25) is 9.59 Å². The first-order chi connectivity index (χ1) is 34.6. The number of allylic oxidation sites excluding steroid dienone is 18. The van der Waals surface area contributed by atoms with Gasteiger partial charge >= 0.3 is 11.9 Å². The molecule has 0 aliphatic carbocycles. The first-order valence-corrected chi connectivity index (χ1v) is 29.4. The lowest BCUT2D eigenvalue weighted by atomic mass is 10.0. The number of ether oxygens (including phenoxy) is 2. The SMILES string of the molecule is CC/C=C\C/C=C\C/C=C\C/C=C\C/C=C\CCCC(=O)OC(CO)COC(=O)CCCCCCCCCCCCCCCCCCCCCCCCCCCC/C=C\C/C=C\C/C=C\C/C=C\CC. The normalized spacial score (nSPS) is 13.0. The highest BCUT2D eigenvalue weighted by atomic mass is 16.6. The van der Waals surface area contributed by atoms with Crippen LogP contribution in [0.1, 0.15) is 271 Å². The third-order valence-electron chi connectivity index (χ3n) is 12.6. The summed E-state index contributed by atoms with van der Waals surface area (Å²) in [5, 5.41) is 9.62. The molecule has 1 atom stereocenters. The molecule has 0 fully saturated rings. The Bertz CT molecular complexity index is 1380. The smallest absolute Gasteiger partial charge is 0.306 e. The Kier molecular flexibility index (Phi) is 56.9. The highest BCUT2D eigenvalue weighted by Crippen LogP contribution is 2.17. The van der Waals surface area contributed by atoms with Crippen molar-refractivity contribution in [2.45, 2.75) is 277 Å². The Morgan fingerprint density at radius 2 is 0.586 bits per heavy atom. The van der Waals surface area contributed by atoms with Crippen LogP contribution in [0.5, 0.6) is 0 Å². The summed E-state index contributed by atoms with van der Waals surface area (Å²) in [5.74, 6) is -0.655. The molecule has 0 amide bonds. The van der Waals surface area contributed by atoms with Crippen molar-refractivity contribution < 1.29 is 24.2 Å². The van der Waals surface area contributed by atoms with Crippen molar-refractivity contribution >= 4 is 11.9 Å². The summed E-state index contributed by atoms with van der Waals surface area (Å²) in [6, 6.07) is 0. The quantitative estimate of drug-likeness (QED) is 0.0373. The molecule has 5 nitrogen and oxygen atoms in total. The van der Waals surface area contributed by atoms with Crippen molar-refractivity contribution in [1.82, 2.24) is 0 Å². The first kappa shape index (κ1) is 66.6. The first-order valence-electron chi connectivity index (χ1n) is 29.4. The molecule has 5 heteroatoms. The molecule has 70 heavy (non-hydrogen) atoms. The molecule has 1 unspecified atom stereocenters. The van der Waals surface area contributed by atoms with Crippen LogP contribution < -0.4 is 0 Å². The largest absolute Gasteiger partial charge is 0.462 e. The van der Waals surface area contributed by atoms with Gasteiger partial charge in [-0.15, -0.1) is 0 Å². The summed E-state index contributed by atoms with van der Waals surface area (Å²) in [4.78, 5) is 24.5. The van der Waals surface area contributed by atoms with Crippen molar-refractivity contribution in [2.24, 2.45) is 0 Å². The minimum Gasteiger partial charge on any atom is -0.462 e. The highest BCUT2D eigenvalue weighted by molar-refractivity contribution is 5.70. The molecule has 0 heterocycles. The topological polar surface area (TPSA) is 72.8 Å². The molecule has 0 saturated heterocycles. The number of unbranched alkanes of at least 4 members (excludes halogenated alkanes) is 27. The van der Waals surface area contributed by atoms with Crippen molar-refractivity contribution in [3.05, 3.63) is 109 Å². The van der Waals surface area contributed by atoms with E-state index in [-0.39, 0.29) is 31.6 Å². The van der Waals surface area contributed by atoms with Crippen LogP contribution in [-0.2, 0) is 19.1 Å². The van der Waals surface area contributed by atoms with E-state index in [0.717, 1.165) is 83.5 Å². The maximum absolute atomic E-state index is 12.2. The van der Waals surface area contributed by atoms with Gasteiger partial charge in [0.25, 0.3) is 0 Å². The van der Waals surface area contributed by atoms with Crippen molar-refractivity contribution in [1.29, 1.82) is 0 Å². The van der Waals surface area contributed by atoms with E-state index < -0.39 is 6.10 Å². The maximum Gasteiger partial charge on any atom is 0.306 e. The molecule has 0 aromatic heterocycles. The van der Waals surface area contributed by atoms with Crippen LogP contribution in [0.4, 0.5) is 0 Å². The van der Waals surface area contributed by atoms with Crippen LogP contribution in [0, 0.1) is 0 Å². The molecule has 0 aliphatic heterocycles. The zero-order valence-electron chi connectivity index (χ0n) is 45.7. The molecule has 400 valence electrons. The third-order valence-corrected chi connectivity index (χ3v) is 12.6. The third kappa shape index (κ3) is 57.1. The molecular weight excluding hydrogens is 861 g/mol. The molecule has 0 saturated carbocycles. The lowest BCUT2D eigenvalue weighted by Gasteiger charge is -2.15. The summed E-state index contributed by atoms with van der Waals surface area (Å²) in [5.41, 5.74) is 0. The summed E-state index contributed by atoms with van der Waals surface area (Å²) < 4.78 is 10.6. The van der Waals surface area contributed by atoms with E-state index in [1.807, 2.05) is 0 Å². The van der Waals surface area contributed by atoms with Crippen LogP contribution in [-0.4, -0.2) is 36.4 Å². The lowest BCUT2D eigenvalue weighted by molar-refractivity contribution is -0.161. The minimum atomic E-state index is -0.806. The van der Waals surface area contributed by atoms with Gasteiger partial charge < -0.3 is 14.6 Å². The molecule has 0 rings (SSSR count). The number of carbonyl (C=O) groups excluding carboxylic acids is 2. The Morgan fingerprint density at radius 1 is 0.329 bits per heavy atom. The van der Waals surface area contributed by atoms with E-state index in [9.17, 15) is 14.7 Å². The number of aliphatic hydroxyl groups excluding tert-OH is 1. The summed E-state index contributed by atoms with van der Waals surface area (Å²) in [7, 11) is 0. The molecule has 0 radical (unpaired) electrons. The van der Waals surface area contributed by atoms with Crippen LogP contribution in [0.15, 0.2) is 109 Å². The summed E-state index contributed by atoms with van der Waals surface area (Å²) in [6.45, 7) is 3.88. The number of aliphatic hydroxyl groups is 1. The van der Waals surface area contributed by atoms with Gasteiger partial charge in [0, 0.05) is 12.8 Å². The molecule has 0 bridgehead atoms. The Morgan fingerprint density at radius 3 is 0.900 bits per heavy atom. The molecule has 1 N–H and O–H groups in total. The maximum atomic E-state index is 12.2. The van der Waals surface area contributed by atoms with E-state index >= 15 is 0 Å². The minimum absolute atomic E-state index is 0.0907. The van der Waals surface area contributed by atoms with Gasteiger partial charge in [0.15, 0.2) is 6.10 Å². The van der Waals surface area contributed by atoms with Crippen molar-refractivity contribution in [3.8, 4) is 0 Å². The fourth-order valence-corrected chi connectivity index (χ4v) is 8.23. The molecule has 0 spiro atoms. The zero-order valence-corrected chi connectivity index (χ0v) is 45.7. The van der Waals surface area contributed by atoms with Crippen LogP contribution in [0.3, 0.4) is 0 Å².